The van der Waals surface area contributed by atoms with E-state index in [4.69, 9.17) is 5.26 Å². The van der Waals surface area contributed by atoms with E-state index in [1.807, 2.05) is 12.1 Å². The van der Waals surface area contributed by atoms with E-state index >= 15 is 0 Å². The summed E-state index contributed by atoms with van der Waals surface area (Å²) < 4.78 is 0. The predicted molar refractivity (Wildman–Crippen MR) is 99.3 cm³/mol. The Hall–Kier alpha value is -2.59. The van der Waals surface area contributed by atoms with Crippen LogP contribution in [0, 0.1) is 11.3 Å². The molecular weight excluding hydrogens is 330 g/mol. The summed E-state index contributed by atoms with van der Waals surface area (Å²) >= 11 is 0. The minimum atomic E-state index is -0.112. The number of hydrogen-bond acceptors (Lipinski definition) is 4. The maximum atomic E-state index is 12.3. The van der Waals surface area contributed by atoms with E-state index in [1.165, 1.54) is 0 Å². The minimum absolute atomic E-state index is 0.0497. The maximum Gasteiger partial charge on any atom is 0.317 e. The quantitative estimate of drug-likeness (QED) is 0.720. The van der Waals surface area contributed by atoms with Gasteiger partial charge in [-0.1, -0.05) is 25.5 Å². The number of nitriles is 1. The van der Waals surface area contributed by atoms with Gasteiger partial charge in [0.1, 0.15) is 0 Å². The van der Waals surface area contributed by atoms with Gasteiger partial charge >= 0.3 is 6.03 Å². The molecule has 1 saturated heterocycles. The van der Waals surface area contributed by atoms with Crippen LogP contribution in [0.3, 0.4) is 0 Å². The number of carbonyl (C=O) groups excluding carboxylic acids is 2. The van der Waals surface area contributed by atoms with E-state index in [2.05, 4.69) is 28.5 Å². The van der Waals surface area contributed by atoms with E-state index in [1.54, 1.807) is 17.0 Å². The fraction of sp³-hybridized carbons (Fsp3) is 0.526. The van der Waals surface area contributed by atoms with Crippen LogP contribution in [0.1, 0.15) is 30.9 Å². The predicted octanol–water partition coefficient (Wildman–Crippen LogP) is 1.30. The van der Waals surface area contributed by atoms with Crippen LogP contribution in [0.25, 0.3) is 0 Å². The summed E-state index contributed by atoms with van der Waals surface area (Å²) in [5.74, 6) is 0.0497. The largest absolute Gasteiger partial charge is 0.355 e. The Balaban J connectivity index is 1.69. The summed E-state index contributed by atoms with van der Waals surface area (Å²) in [5.41, 5.74) is 1.49. The molecule has 1 fully saturated rings. The number of urea groups is 1. The van der Waals surface area contributed by atoms with Crippen LogP contribution >= 0.6 is 0 Å². The fourth-order valence-corrected chi connectivity index (χ4v) is 2.81. The summed E-state index contributed by atoms with van der Waals surface area (Å²) in [6, 6.07) is 9.19. The lowest BCUT2D eigenvalue weighted by Gasteiger charge is -2.34. The van der Waals surface area contributed by atoms with E-state index in [0.717, 1.165) is 24.9 Å². The summed E-state index contributed by atoms with van der Waals surface area (Å²) in [6.07, 6.45) is 2.06. The molecular formula is C19H27N5O2. The highest BCUT2D eigenvalue weighted by molar-refractivity contribution is 5.78. The van der Waals surface area contributed by atoms with Gasteiger partial charge in [-0.3, -0.25) is 9.69 Å². The van der Waals surface area contributed by atoms with Crippen LogP contribution in [0.2, 0.25) is 0 Å². The molecule has 1 aromatic carbocycles. The molecule has 1 aliphatic heterocycles. The third kappa shape index (κ3) is 6.37. The van der Waals surface area contributed by atoms with Crippen molar-refractivity contribution >= 4 is 11.9 Å². The molecule has 1 aliphatic rings. The summed E-state index contributed by atoms with van der Waals surface area (Å²) in [5, 5.41) is 14.7. The number of piperazine rings is 1. The maximum absolute atomic E-state index is 12.3. The van der Waals surface area contributed by atoms with Crippen LogP contribution in [0.4, 0.5) is 4.79 Å². The molecule has 26 heavy (non-hydrogen) atoms. The van der Waals surface area contributed by atoms with Gasteiger partial charge in [-0.05, 0) is 24.1 Å². The van der Waals surface area contributed by atoms with Gasteiger partial charge in [-0.15, -0.1) is 0 Å². The van der Waals surface area contributed by atoms with E-state index in [9.17, 15) is 9.59 Å². The Bertz CT molecular complexity index is 648. The molecule has 1 aromatic rings. The summed E-state index contributed by atoms with van der Waals surface area (Å²) in [7, 11) is 0. The SMILES string of the molecule is CCCCNC(=O)CN1CCN(C(=O)NCc2cccc(C#N)c2)CC1. The zero-order valence-electron chi connectivity index (χ0n) is 15.3. The van der Waals surface area contributed by atoms with Crippen molar-refractivity contribution in [1.29, 1.82) is 5.26 Å². The van der Waals surface area contributed by atoms with Gasteiger partial charge < -0.3 is 15.5 Å². The van der Waals surface area contributed by atoms with Crippen LogP contribution in [0.15, 0.2) is 24.3 Å². The van der Waals surface area contributed by atoms with Crippen LogP contribution < -0.4 is 10.6 Å². The normalized spacial score (nSPS) is 14.5. The number of amides is 3. The monoisotopic (exact) mass is 357 g/mol. The first-order valence-electron chi connectivity index (χ1n) is 9.13. The van der Waals surface area contributed by atoms with Crippen molar-refractivity contribution in [3.63, 3.8) is 0 Å². The Morgan fingerprint density at radius 1 is 1.19 bits per heavy atom. The van der Waals surface area contributed by atoms with Crippen molar-refractivity contribution in [1.82, 2.24) is 20.4 Å². The van der Waals surface area contributed by atoms with Gasteiger partial charge in [0.25, 0.3) is 0 Å². The molecule has 0 saturated carbocycles. The second kappa shape index (κ2) is 10.4. The number of unbranched alkanes of at least 4 members (excludes halogenated alkanes) is 1. The van der Waals surface area contributed by atoms with Crippen molar-refractivity contribution in [3.8, 4) is 6.07 Å². The van der Waals surface area contributed by atoms with Gasteiger partial charge in [0.2, 0.25) is 5.91 Å². The molecule has 2 rings (SSSR count). The molecule has 0 aromatic heterocycles. The van der Waals surface area contributed by atoms with Crippen molar-refractivity contribution in [2.75, 3.05) is 39.3 Å². The number of rotatable bonds is 7. The van der Waals surface area contributed by atoms with E-state index in [0.29, 0.717) is 44.8 Å². The van der Waals surface area contributed by atoms with Crippen LogP contribution in [0.5, 0.6) is 0 Å². The Morgan fingerprint density at radius 2 is 1.96 bits per heavy atom. The van der Waals surface area contributed by atoms with Gasteiger partial charge in [0, 0.05) is 39.3 Å². The first kappa shape index (κ1) is 19.7. The molecule has 0 unspecified atom stereocenters. The summed E-state index contributed by atoms with van der Waals surface area (Å²) in [6.45, 7) is 6.20. The highest BCUT2D eigenvalue weighted by Crippen LogP contribution is 2.05. The Labute approximate surface area is 155 Å². The highest BCUT2D eigenvalue weighted by Gasteiger charge is 2.22. The van der Waals surface area contributed by atoms with E-state index < -0.39 is 0 Å². The molecule has 0 atom stereocenters. The van der Waals surface area contributed by atoms with Crippen LogP contribution in [-0.2, 0) is 11.3 Å². The van der Waals surface area contributed by atoms with E-state index in [-0.39, 0.29) is 11.9 Å². The van der Waals surface area contributed by atoms with Crippen molar-refractivity contribution in [2.24, 2.45) is 0 Å². The molecule has 7 nitrogen and oxygen atoms in total. The molecule has 2 N–H and O–H groups in total. The smallest absolute Gasteiger partial charge is 0.317 e. The second-order valence-electron chi connectivity index (χ2n) is 6.44. The van der Waals surface area contributed by atoms with Gasteiger partial charge in [-0.25, -0.2) is 4.79 Å². The number of carbonyl (C=O) groups is 2. The lowest BCUT2D eigenvalue weighted by Crippen LogP contribution is -2.53. The Morgan fingerprint density at radius 3 is 2.65 bits per heavy atom. The zero-order valence-corrected chi connectivity index (χ0v) is 15.3. The molecule has 0 aliphatic carbocycles. The van der Waals surface area contributed by atoms with Crippen molar-refractivity contribution in [3.05, 3.63) is 35.4 Å². The highest BCUT2D eigenvalue weighted by atomic mass is 16.2. The number of hydrogen-bond donors (Lipinski definition) is 2. The average molecular weight is 357 g/mol. The number of benzene rings is 1. The summed E-state index contributed by atoms with van der Waals surface area (Å²) in [4.78, 5) is 28.0. The van der Waals surface area contributed by atoms with Crippen molar-refractivity contribution < 1.29 is 9.59 Å². The molecule has 3 amide bonds. The third-order valence-electron chi connectivity index (χ3n) is 4.38. The lowest BCUT2D eigenvalue weighted by atomic mass is 10.1. The Kier molecular flexibility index (Phi) is 7.90. The molecule has 0 spiro atoms. The average Bonchev–Trinajstić information content (AvgIpc) is 2.67. The first-order chi connectivity index (χ1) is 12.6. The van der Waals surface area contributed by atoms with Crippen LogP contribution in [-0.4, -0.2) is 61.0 Å². The minimum Gasteiger partial charge on any atom is -0.355 e. The zero-order chi connectivity index (χ0) is 18.8. The molecule has 7 heteroatoms. The molecule has 140 valence electrons. The third-order valence-corrected chi connectivity index (χ3v) is 4.38. The molecule has 1 heterocycles. The van der Waals surface area contributed by atoms with Crippen molar-refractivity contribution in [2.45, 2.75) is 26.3 Å². The molecule has 0 bridgehead atoms. The fourth-order valence-electron chi connectivity index (χ4n) is 2.81. The first-order valence-corrected chi connectivity index (χ1v) is 9.13. The number of nitrogens with zero attached hydrogens (tertiary/aromatic N) is 3. The standard InChI is InChI=1S/C19H27N5O2/c1-2-3-7-21-18(25)15-23-8-10-24(11-9-23)19(26)22-14-17-6-4-5-16(12-17)13-20/h4-6,12H,2-3,7-11,14-15H2,1H3,(H,21,25)(H,22,26). The lowest BCUT2D eigenvalue weighted by molar-refractivity contribution is -0.122. The van der Waals surface area contributed by atoms with Gasteiger partial charge in [-0.2, -0.15) is 5.26 Å². The van der Waals surface area contributed by atoms with Gasteiger partial charge in [0.15, 0.2) is 0 Å². The topological polar surface area (TPSA) is 88.5 Å². The van der Waals surface area contributed by atoms with Gasteiger partial charge in [0.05, 0.1) is 18.2 Å². The molecule has 0 radical (unpaired) electrons. The number of nitrogens with one attached hydrogen (secondary N) is 2. The second-order valence-corrected chi connectivity index (χ2v) is 6.44.